The minimum Gasteiger partial charge on any atom is -0.381 e. The molecule has 7 nitrogen and oxygen atoms in total. The molecule has 8 heteroatoms. The van der Waals surface area contributed by atoms with Gasteiger partial charge in [0, 0.05) is 24.8 Å². The molecule has 21 heavy (non-hydrogen) atoms. The monoisotopic (exact) mass is 307 g/mol. The number of rotatable bonds is 4. The largest absolute Gasteiger partial charge is 0.381 e. The summed E-state index contributed by atoms with van der Waals surface area (Å²) in [5, 5.41) is 9.32. The molecule has 1 atom stereocenters. The summed E-state index contributed by atoms with van der Waals surface area (Å²) in [7, 11) is -3.58. The summed E-state index contributed by atoms with van der Waals surface area (Å²) in [5.74, 6) is 0. The number of aromatic amines is 1. The first kappa shape index (κ1) is 14.0. The number of anilines is 1. The molecule has 0 spiro atoms. The zero-order chi connectivity index (χ0) is 14.7. The molecule has 1 aromatic heterocycles. The van der Waals surface area contributed by atoms with E-state index in [1.54, 1.807) is 0 Å². The van der Waals surface area contributed by atoms with Gasteiger partial charge in [0.25, 0.3) is 15.2 Å². The van der Waals surface area contributed by atoms with Crippen molar-refractivity contribution in [3.05, 3.63) is 36.7 Å². The van der Waals surface area contributed by atoms with Crippen LogP contribution in [0.3, 0.4) is 0 Å². The summed E-state index contributed by atoms with van der Waals surface area (Å²) in [5.41, 5.74) is 1.00. The molecule has 112 valence electrons. The minimum absolute atomic E-state index is 0.0946. The number of nitrogens with one attached hydrogen (secondary N) is 2. The molecule has 0 amide bonds. The van der Waals surface area contributed by atoms with Gasteiger partial charge in [-0.05, 0) is 25.0 Å². The highest BCUT2D eigenvalue weighted by atomic mass is 32.2. The van der Waals surface area contributed by atoms with E-state index in [4.69, 9.17) is 0 Å². The van der Waals surface area contributed by atoms with Crippen molar-refractivity contribution in [3.8, 4) is 0 Å². The lowest BCUT2D eigenvalue weighted by atomic mass is 10.1. The second kappa shape index (κ2) is 5.82. The van der Waals surface area contributed by atoms with Crippen LogP contribution in [-0.2, 0) is 10.0 Å². The van der Waals surface area contributed by atoms with E-state index < -0.39 is 10.0 Å². The van der Waals surface area contributed by atoms with Crippen molar-refractivity contribution in [1.82, 2.24) is 19.5 Å². The lowest BCUT2D eigenvalue weighted by molar-refractivity contribution is 0.325. The molecular weight excluding hydrogens is 290 g/mol. The first-order valence-electron chi connectivity index (χ1n) is 6.83. The van der Waals surface area contributed by atoms with Gasteiger partial charge in [0.2, 0.25) is 0 Å². The van der Waals surface area contributed by atoms with Gasteiger partial charge in [0.15, 0.2) is 0 Å². The average molecular weight is 307 g/mol. The number of hydrogen-bond donors (Lipinski definition) is 2. The maximum Gasteiger partial charge on any atom is 0.278 e. The maximum atomic E-state index is 12.4. The highest BCUT2D eigenvalue weighted by Crippen LogP contribution is 2.20. The van der Waals surface area contributed by atoms with E-state index in [0.717, 1.165) is 18.5 Å². The average Bonchev–Trinajstić information content (AvgIpc) is 3.04. The lowest BCUT2D eigenvalue weighted by Crippen LogP contribution is -2.45. The zero-order valence-electron chi connectivity index (χ0n) is 11.4. The van der Waals surface area contributed by atoms with E-state index in [1.807, 2.05) is 30.3 Å². The first-order chi connectivity index (χ1) is 10.2. The van der Waals surface area contributed by atoms with Crippen molar-refractivity contribution >= 4 is 15.7 Å². The summed E-state index contributed by atoms with van der Waals surface area (Å²) in [4.78, 5) is 3.76. The predicted molar refractivity (Wildman–Crippen MR) is 78.2 cm³/mol. The summed E-state index contributed by atoms with van der Waals surface area (Å²) in [6, 6.07) is 9.90. The zero-order valence-corrected chi connectivity index (χ0v) is 12.3. The van der Waals surface area contributed by atoms with Gasteiger partial charge in [-0.25, -0.2) is 18.5 Å². The van der Waals surface area contributed by atoms with Crippen molar-refractivity contribution in [2.24, 2.45) is 0 Å². The smallest absolute Gasteiger partial charge is 0.278 e. The van der Waals surface area contributed by atoms with Crippen LogP contribution in [0.4, 0.5) is 5.69 Å². The van der Waals surface area contributed by atoms with Gasteiger partial charge in [-0.2, -0.15) is 9.40 Å². The Kier molecular flexibility index (Phi) is 3.89. The van der Waals surface area contributed by atoms with Crippen molar-refractivity contribution in [3.63, 3.8) is 0 Å². The number of para-hydroxylation sites is 1. The Bertz CT molecular complexity index is 672. The SMILES string of the molecule is O=S(=O)(c1ncn[nH]1)N1CCCC(Nc2ccccc2)C1. The fraction of sp³-hybridized carbons (Fsp3) is 0.385. The van der Waals surface area contributed by atoms with Gasteiger partial charge >= 0.3 is 0 Å². The van der Waals surface area contributed by atoms with E-state index in [9.17, 15) is 8.42 Å². The van der Waals surface area contributed by atoms with Crippen LogP contribution >= 0.6 is 0 Å². The molecule has 2 N–H and O–H groups in total. The molecule has 1 aliphatic rings. The van der Waals surface area contributed by atoms with Crippen LogP contribution in [0.2, 0.25) is 0 Å². The molecule has 2 heterocycles. The number of H-pyrrole nitrogens is 1. The molecule has 0 bridgehead atoms. The highest BCUT2D eigenvalue weighted by Gasteiger charge is 2.32. The standard InChI is InChI=1S/C13H17N5O2S/c19-21(20,13-14-10-15-17-13)18-8-4-7-12(9-18)16-11-5-2-1-3-6-11/h1-3,5-6,10,12,16H,4,7-9H2,(H,14,15,17). The van der Waals surface area contributed by atoms with Gasteiger partial charge in [-0.1, -0.05) is 18.2 Å². The molecule has 0 saturated carbocycles. The molecule has 1 aromatic carbocycles. The minimum atomic E-state index is -3.58. The Balaban J connectivity index is 1.71. The van der Waals surface area contributed by atoms with Gasteiger partial charge < -0.3 is 5.32 Å². The number of piperidine rings is 1. The summed E-state index contributed by atoms with van der Waals surface area (Å²) in [6.45, 7) is 0.938. The Hall–Kier alpha value is -1.93. The number of sulfonamides is 1. The predicted octanol–water partition coefficient (Wildman–Crippen LogP) is 1.07. The van der Waals surface area contributed by atoms with Crippen LogP contribution in [0.1, 0.15) is 12.8 Å². The Labute approximate surface area is 123 Å². The molecule has 0 aliphatic carbocycles. The number of aromatic nitrogens is 3. The first-order valence-corrected chi connectivity index (χ1v) is 8.27. The van der Waals surface area contributed by atoms with E-state index in [0.29, 0.717) is 13.1 Å². The fourth-order valence-corrected chi connectivity index (χ4v) is 3.83. The lowest BCUT2D eigenvalue weighted by Gasteiger charge is -2.32. The van der Waals surface area contributed by atoms with E-state index >= 15 is 0 Å². The maximum absolute atomic E-state index is 12.4. The molecule has 1 fully saturated rings. The van der Waals surface area contributed by atoms with Gasteiger partial charge in [-0.15, -0.1) is 0 Å². The summed E-state index contributed by atoms with van der Waals surface area (Å²) >= 11 is 0. The van der Waals surface area contributed by atoms with Crippen LogP contribution in [-0.4, -0.2) is 47.0 Å². The second-order valence-corrected chi connectivity index (χ2v) is 6.86. The van der Waals surface area contributed by atoms with Crippen molar-refractivity contribution in [2.45, 2.75) is 24.0 Å². The number of benzene rings is 1. The summed E-state index contributed by atoms with van der Waals surface area (Å²) in [6.07, 6.45) is 2.96. The van der Waals surface area contributed by atoms with Crippen molar-refractivity contribution < 1.29 is 8.42 Å². The van der Waals surface area contributed by atoms with Crippen molar-refractivity contribution in [2.75, 3.05) is 18.4 Å². The molecule has 2 aromatic rings. The van der Waals surface area contributed by atoms with E-state index in [2.05, 4.69) is 20.5 Å². The quantitative estimate of drug-likeness (QED) is 0.881. The molecule has 1 aliphatic heterocycles. The van der Waals surface area contributed by atoms with Crippen LogP contribution in [0.15, 0.2) is 41.8 Å². The van der Waals surface area contributed by atoms with Crippen LogP contribution < -0.4 is 5.32 Å². The van der Waals surface area contributed by atoms with Crippen molar-refractivity contribution in [1.29, 1.82) is 0 Å². The third-order valence-corrected chi connectivity index (χ3v) is 5.20. The van der Waals surface area contributed by atoms with Crippen LogP contribution in [0, 0.1) is 0 Å². The highest BCUT2D eigenvalue weighted by molar-refractivity contribution is 7.88. The van der Waals surface area contributed by atoms with Crippen LogP contribution in [0.5, 0.6) is 0 Å². The Morgan fingerprint density at radius 1 is 1.29 bits per heavy atom. The second-order valence-electron chi connectivity index (χ2n) is 5.00. The topological polar surface area (TPSA) is 91.0 Å². The fourth-order valence-electron chi connectivity index (χ4n) is 2.49. The Morgan fingerprint density at radius 2 is 2.10 bits per heavy atom. The van der Waals surface area contributed by atoms with Gasteiger partial charge in [0.1, 0.15) is 6.33 Å². The molecule has 1 saturated heterocycles. The van der Waals surface area contributed by atoms with Gasteiger partial charge in [0.05, 0.1) is 0 Å². The Morgan fingerprint density at radius 3 is 2.81 bits per heavy atom. The number of nitrogens with zero attached hydrogens (tertiary/aromatic N) is 3. The molecule has 3 rings (SSSR count). The third kappa shape index (κ3) is 3.06. The number of hydrogen-bond acceptors (Lipinski definition) is 5. The molecular formula is C13H17N5O2S. The molecule has 1 unspecified atom stereocenters. The van der Waals surface area contributed by atoms with Gasteiger partial charge in [-0.3, -0.25) is 0 Å². The summed E-state index contributed by atoms with van der Waals surface area (Å²) < 4.78 is 26.3. The van der Waals surface area contributed by atoms with Crippen LogP contribution in [0.25, 0.3) is 0 Å². The normalized spacial score (nSPS) is 20.3. The van der Waals surface area contributed by atoms with E-state index in [-0.39, 0.29) is 11.2 Å². The van der Waals surface area contributed by atoms with E-state index in [1.165, 1.54) is 10.6 Å². The molecule has 0 radical (unpaired) electrons. The third-order valence-electron chi connectivity index (χ3n) is 3.51.